The summed E-state index contributed by atoms with van der Waals surface area (Å²) < 4.78 is 11.6. The molecule has 0 saturated carbocycles. The molecule has 7 heteroatoms. The lowest BCUT2D eigenvalue weighted by atomic mass is 10.0. The van der Waals surface area contributed by atoms with Crippen molar-refractivity contribution in [2.45, 2.75) is 66.8 Å². The average Bonchev–Trinajstić information content (AvgIpc) is 3.06. The average molecular weight is 503 g/mol. The zero-order valence-electron chi connectivity index (χ0n) is 19.1. The van der Waals surface area contributed by atoms with E-state index in [9.17, 15) is 9.90 Å². The Morgan fingerprint density at radius 2 is 1.80 bits per heavy atom. The molecule has 4 atom stereocenters. The number of anilines is 1. The molecule has 1 aromatic heterocycles. The lowest BCUT2D eigenvalue weighted by Crippen LogP contribution is -2.45. The number of esters is 1. The van der Waals surface area contributed by atoms with Gasteiger partial charge in [-0.25, -0.2) is 4.79 Å². The van der Waals surface area contributed by atoms with Crippen LogP contribution in [0.4, 0.5) is 5.69 Å². The smallest absolute Gasteiger partial charge is 0.350 e. The number of halogens is 1. The molecular formula is C23H36BrNO4S. The molecule has 0 aromatic carbocycles. The van der Waals surface area contributed by atoms with Crippen LogP contribution < -0.4 is 4.90 Å². The van der Waals surface area contributed by atoms with Gasteiger partial charge in [-0.05, 0) is 55.6 Å². The molecular weight excluding hydrogens is 466 g/mol. The highest BCUT2D eigenvalue weighted by molar-refractivity contribution is 9.11. The number of carbonyl (C=O) groups excluding carboxylic acids is 1. The van der Waals surface area contributed by atoms with Crippen LogP contribution >= 0.6 is 27.3 Å². The van der Waals surface area contributed by atoms with Crippen LogP contribution in [0.15, 0.2) is 34.2 Å². The van der Waals surface area contributed by atoms with Gasteiger partial charge in [-0.2, -0.15) is 0 Å². The predicted molar refractivity (Wildman–Crippen MR) is 129 cm³/mol. The highest BCUT2D eigenvalue weighted by Crippen LogP contribution is 2.37. The van der Waals surface area contributed by atoms with Gasteiger partial charge in [0.15, 0.2) is 0 Å². The molecule has 4 unspecified atom stereocenters. The second-order valence-corrected chi connectivity index (χ2v) is 10.0. The lowest BCUT2D eigenvalue weighted by Gasteiger charge is -2.36. The highest BCUT2D eigenvalue weighted by Gasteiger charge is 2.30. The van der Waals surface area contributed by atoms with Gasteiger partial charge < -0.3 is 19.5 Å². The van der Waals surface area contributed by atoms with Crippen LogP contribution in [0.2, 0.25) is 0 Å². The maximum absolute atomic E-state index is 12.6. The van der Waals surface area contributed by atoms with Crippen LogP contribution in [-0.4, -0.2) is 42.7 Å². The Labute approximate surface area is 193 Å². The quantitative estimate of drug-likeness (QED) is 0.215. The lowest BCUT2D eigenvalue weighted by molar-refractivity contribution is 0.0531. The number of aliphatic hydroxyl groups excluding tert-OH is 1. The predicted octanol–water partition coefficient (Wildman–Crippen LogP) is 6.03. The molecule has 0 spiro atoms. The summed E-state index contributed by atoms with van der Waals surface area (Å²) in [5.74, 6) is -0.131. The van der Waals surface area contributed by atoms with Crippen molar-refractivity contribution in [3.05, 3.63) is 39.0 Å². The SMILES string of the molecule is CCOC(=O)c1sc(Br)cc1N(C(C)/C=C/C(C)OCC)C(O)C(C)/C=C/C(C)C. The molecule has 0 aliphatic heterocycles. The third-order valence-corrected chi connectivity index (χ3v) is 6.11. The first-order valence-corrected chi connectivity index (χ1v) is 12.1. The molecule has 0 aliphatic rings. The zero-order valence-corrected chi connectivity index (χ0v) is 21.5. The van der Waals surface area contributed by atoms with E-state index >= 15 is 0 Å². The van der Waals surface area contributed by atoms with Gasteiger partial charge in [0.1, 0.15) is 11.1 Å². The van der Waals surface area contributed by atoms with Gasteiger partial charge in [-0.1, -0.05) is 45.1 Å². The number of thiophene rings is 1. The van der Waals surface area contributed by atoms with E-state index in [1.165, 1.54) is 11.3 Å². The van der Waals surface area contributed by atoms with Crippen molar-refractivity contribution in [2.75, 3.05) is 18.1 Å². The third kappa shape index (κ3) is 8.17. The maximum Gasteiger partial charge on any atom is 0.350 e. The molecule has 1 N–H and O–H groups in total. The summed E-state index contributed by atoms with van der Waals surface area (Å²) in [5, 5.41) is 11.3. The summed E-state index contributed by atoms with van der Waals surface area (Å²) in [7, 11) is 0. The minimum atomic E-state index is -0.822. The monoisotopic (exact) mass is 501 g/mol. The number of aliphatic hydroxyl groups is 1. The number of ether oxygens (including phenoxy) is 2. The summed E-state index contributed by atoms with van der Waals surface area (Å²) in [6, 6.07) is 1.70. The van der Waals surface area contributed by atoms with Crippen LogP contribution in [-0.2, 0) is 9.47 Å². The first-order chi connectivity index (χ1) is 14.1. The zero-order chi connectivity index (χ0) is 22.8. The summed E-state index contributed by atoms with van der Waals surface area (Å²) >= 11 is 4.80. The molecule has 0 bridgehead atoms. The van der Waals surface area contributed by atoms with Crippen LogP contribution in [0.3, 0.4) is 0 Å². The number of hydrogen-bond acceptors (Lipinski definition) is 6. The van der Waals surface area contributed by atoms with Crippen LogP contribution in [0.25, 0.3) is 0 Å². The van der Waals surface area contributed by atoms with E-state index in [4.69, 9.17) is 9.47 Å². The molecule has 0 saturated heterocycles. The van der Waals surface area contributed by atoms with Crippen LogP contribution in [0.1, 0.15) is 58.1 Å². The molecule has 1 heterocycles. The van der Waals surface area contributed by atoms with E-state index in [-0.39, 0.29) is 24.0 Å². The fourth-order valence-corrected chi connectivity index (χ4v) is 4.45. The number of allylic oxidation sites excluding steroid dienone is 1. The van der Waals surface area contributed by atoms with E-state index in [2.05, 4.69) is 35.9 Å². The molecule has 30 heavy (non-hydrogen) atoms. The summed E-state index contributed by atoms with van der Waals surface area (Å²) in [4.78, 5) is 14.9. The number of nitrogens with zero attached hydrogens (tertiary/aromatic N) is 1. The van der Waals surface area contributed by atoms with E-state index in [1.54, 1.807) is 6.92 Å². The Morgan fingerprint density at radius 1 is 1.13 bits per heavy atom. The molecule has 0 radical (unpaired) electrons. The van der Waals surface area contributed by atoms with E-state index in [1.807, 2.05) is 56.9 Å². The largest absolute Gasteiger partial charge is 0.462 e. The summed E-state index contributed by atoms with van der Waals surface area (Å²) in [6.45, 7) is 14.8. The second-order valence-electron chi connectivity index (χ2n) is 7.58. The van der Waals surface area contributed by atoms with Crippen molar-refractivity contribution in [1.29, 1.82) is 0 Å². The minimum absolute atomic E-state index is 0.0339. The molecule has 0 aliphatic carbocycles. The van der Waals surface area contributed by atoms with Gasteiger partial charge >= 0.3 is 5.97 Å². The van der Waals surface area contributed by atoms with Crippen molar-refractivity contribution in [3.8, 4) is 0 Å². The van der Waals surface area contributed by atoms with Gasteiger partial charge in [0, 0.05) is 18.6 Å². The van der Waals surface area contributed by atoms with E-state index in [0.29, 0.717) is 29.7 Å². The molecule has 0 amide bonds. The van der Waals surface area contributed by atoms with Gasteiger partial charge in [-0.3, -0.25) is 0 Å². The second kappa shape index (κ2) is 13.3. The fraction of sp³-hybridized carbons (Fsp3) is 0.609. The van der Waals surface area contributed by atoms with Crippen molar-refractivity contribution < 1.29 is 19.4 Å². The van der Waals surface area contributed by atoms with Gasteiger partial charge in [0.05, 0.1) is 22.2 Å². The molecule has 1 rings (SSSR count). The summed E-state index contributed by atoms with van der Waals surface area (Å²) in [6.07, 6.45) is 7.23. The Morgan fingerprint density at radius 3 is 2.37 bits per heavy atom. The van der Waals surface area contributed by atoms with Gasteiger partial charge in [-0.15, -0.1) is 11.3 Å². The Kier molecular flexibility index (Phi) is 11.9. The van der Waals surface area contributed by atoms with Crippen LogP contribution in [0, 0.1) is 11.8 Å². The number of carbonyl (C=O) groups is 1. The highest BCUT2D eigenvalue weighted by atomic mass is 79.9. The molecule has 0 fully saturated rings. The van der Waals surface area contributed by atoms with E-state index in [0.717, 1.165) is 3.79 Å². The third-order valence-electron chi connectivity index (χ3n) is 4.51. The Hall–Kier alpha value is -1.15. The van der Waals surface area contributed by atoms with Crippen molar-refractivity contribution in [1.82, 2.24) is 0 Å². The molecule has 170 valence electrons. The minimum Gasteiger partial charge on any atom is -0.462 e. The van der Waals surface area contributed by atoms with Gasteiger partial charge in [0.25, 0.3) is 0 Å². The summed E-state index contributed by atoms with van der Waals surface area (Å²) in [5.41, 5.74) is 0.656. The number of hydrogen-bond donors (Lipinski definition) is 1. The fourth-order valence-electron chi connectivity index (χ4n) is 2.97. The maximum atomic E-state index is 12.6. The number of rotatable bonds is 12. The first kappa shape index (κ1) is 26.9. The molecule has 1 aromatic rings. The van der Waals surface area contributed by atoms with Crippen molar-refractivity contribution >= 4 is 38.9 Å². The van der Waals surface area contributed by atoms with Gasteiger partial charge in [0.2, 0.25) is 0 Å². The van der Waals surface area contributed by atoms with Crippen LogP contribution in [0.5, 0.6) is 0 Å². The first-order valence-electron chi connectivity index (χ1n) is 10.5. The topological polar surface area (TPSA) is 59.0 Å². The van der Waals surface area contributed by atoms with E-state index < -0.39 is 6.23 Å². The molecule has 5 nitrogen and oxygen atoms in total. The Bertz CT molecular complexity index is 716. The normalized spacial score (nSPS) is 16.2. The van der Waals surface area contributed by atoms with Crippen molar-refractivity contribution in [3.63, 3.8) is 0 Å². The Balaban J connectivity index is 3.35. The van der Waals surface area contributed by atoms with Crippen molar-refractivity contribution in [2.24, 2.45) is 11.8 Å². The standard InChI is InChI=1S/C23H36BrNO4S/c1-8-28-18(7)13-12-17(6)25(22(26)16(5)11-10-15(3)4)19-14-20(24)30-21(19)23(27)29-9-2/h10-18,22,26H,8-9H2,1-7H3/b11-10+,13-12+.